The van der Waals surface area contributed by atoms with Crippen molar-refractivity contribution in [1.82, 2.24) is 15.0 Å². The third-order valence-corrected chi connectivity index (χ3v) is 4.59. The van der Waals surface area contributed by atoms with Crippen molar-refractivity contribution in [1.29, 1.82) is 0 Å². The van der Waals surface area contributed by atoms with E-state index in [2.05, 4.69) is 19.9 Å². The summed E-state index contributed by atoms with van der Waals surface area (Å²) in [6.07, 6.45) is 2.35. The van der Waals surface area contributed by atoms with Gasteiger partial charge in [0.25, 0.3) is 0 Å². The maximum atomic E-state index is 6.16. The molecule has 5 nitrogen and oxygen atoms in total. The smallest absolute Gasteiger partial charge is 0.231 e. The second kappa shape index (κ2) is 6.49. The second-order valence-electron chi connectivity index (χ2n) is 4.85. The first kappa shape index (κ1) is 14.4. The van der Waals surface area contributed by atoms with Crippen LogP contribution in [0.3, 0.4) is 0 Å². The lowest BCUT2D eigenvalue weighted by atomic mass is 10.2. The average molecular weight is 322 g/mol. The first-order valence-corrected chi connectivity index (χ1v) is 8.21. The van der Waals surface area contributed by atoms with Gasteiger partial charge >= 0.3 is 0 Å². The molecular weight excluding hydrogens is 306 g/mol. The van der Waals surface area contributed by atoms with E-state index in [-0.39, 0.29) is 5.95 Å². The number of hydrogen-bond acceptors (Lipinski definition) is 6. The predicted octanol–water partition coefficient (Wildman–Crippen LogP) is 3.00. The minimum absolute atomic E-state index is 0.272. The lowest BCUT2D eigenvalue weighted by Crippen LogP contribution is -2.21. The number of nitrogen functional groups attached to an aromatic ring is 1. The minimum Gasteiger partial charge on any atom is -0.368 e. The van der Waals surface area contributed by atoms with Gasteiger partial charge in [0, 0.05) is 23.9 Å². The zero-order chi connectivity index (χ0) is 14.7. The van der Waals surface area contributed by atoms with Gasteiger partial charge in [0.2, 0.25) is 11.9 Å². The molecule has 3 rings (SSSR count). The van der Waals surface area contributed by atoms with Crippen molar-refractivity contribution in [2.45, 2.75) is 23.8 Å². The SMILES string of the molecule is Nc1nc(SCc2ccccc2Cl)nc(N2CCCC2)n1. The molecule has 2 N–H and O–H groups in total. The monoisotopic (exact) mass is 321 g/mol. The van der Waals surface area contributed by atoms with Gasteiger partial charge in [-0.2, -0.15) is 15.0 Å². The summed E-state index contributed by atoms with van der Waals surface area (Å²) < 4.78 is 0. The average Bonchev–Trinajstić information content (AvgIpc) is 3.00. The Labute approximate surface area is 132 Å². The molecule has 7 heteroatoms. The normalized spacial score (nSPS) is 14.6. The molecule has 1 aliphatic rings. The first-order valence-electron chi connectivity index (χ1n) is 6.85. The van der Waals surface area contributed by atoms with Gasteiger partial charge in [0.05, 0.1) is 0 Å². The van der Waals surface area contributed by atoms with Crippen LogP contribution in [0.5, 0.6) is 0 Å². The van der Waals surface area contributed by atoms with E-state index in [1.54, 1.807) is 0 Å². The van der Waals surface area contributed by atoms with Gasteiger partial charge in [-0.05, 0) is 24.5 Å². The Balaban J connectivity index is 1.74. The quantitative estimate of drug-likeness (QED) is 0.873. The van der Waals surface area contributed by atoms with Gasteiger partial charge in [-0.15, -0.1) is 0 Å². The molecule has 1 fully saturated rings. The van der Waals surface area contributed by atoms with Crippen molar-refractivity contribution in [3.05, 3.63) is 34.9 Å². The van der Waals surface area contributed by atoms with Gasteiger partial charge in [-0.1, -0.05) is 41.6 Å². The molecule has 2 heterocycles. The van der Waals surface area contributed by atoms with E-state index in [9.17, 15) is 0 Å². The topological polar surface area (TPSA) is 67.9 Å². The zero-order valence-electron chi connectivity index (χ0n) is 11.5. The van der Waals surface area contributed by atoms with Crippen LogP contribution >= 0.6 is 23.4 Å². The van der Waals surface area contributed by atoms with Crippen LogP contribution in [-0.4, -0.2) is 28.0 Å². The second-order valence-corrected chi connectivity index (χ2v) is 6.20. The fourth-order valence-corrected chi connectivity index (χ4v) is 3.36. The van der Waals surface area contributed by atoms with E-state index in [1.165, 1.54) is 24.6 Å². The number of nitrogens with zero attached hydrogens (tertiary/aromatic N) is 4. The predicted molar refractivity (Wildman–Crippen MR) is 86.7 cm³/mol. The molecule has 0 bridgehead atoms. The standard InChI is InChI=1S/C14H16ClN5S/c15-11-6-2-1-5-10(11)9-21-14-18-12(16)17-13(19-14)20-7-3-4-8-20/h1-2,5-6H,3-4,7-9H2,(H2,16,17,18,19). The Hall–Kier alpha value is -1.53. The minimum atomic E-state index is 0.272. The van der Waals surface area contributed by atoms with E-state index in [1.807, 2.05) is 24.3 Å². The van der Waals surface area contributed by atoms with Crippen LogP contribution in [0.1, 0.15) is 18.4 Å². The molecule has 1 saturated heterocycles. The first-order chi connectivity index (χ1) is 10.2. The maximum Gasteiger partial charge on any atom is 0.231 e. The Kier molecular flexibility index (Phi) is 4.45. The molecule has 0 aliphatic carbocycles. The van der Waals surface area contributed by atoms with Crippen LogP contribution in [0.2, 0.25) is 5.02 Å². The van der Waals surface area contributed by atoms with Crippen LogP contribution in [0.15, 0.2) is 29.4 Å². The Bertz CT molecular complexity index is 631. The van der Waals surface area contributed by atoms with Crippen molar-refractivity contribution >= 4 is 35.3 Å². The molecule has 110 valence electrons. The van der Waals surface area contributed by atoms with Gasteiger partial charge < -0.3 is 10.6 Å². The Morgan fingerprint density at radius 1 is 1.14 bits per heavy atom. The molecule has 0 unspecified atom stereocenters. The van der Waals surface area contributed by atoms with E-state index in [4.69, 9.17) is 17.3 Å². The van der Waals surface area contributed by atoms with E-state index in [0.29, 0.717) is 16.9 Å². The van der Waals surface area contributed by atoms with Crippen molar-refractivity contribution in [2.75, 3.05) is 23.7 Å². The van der Waals surface area contributed by atoms with Crippen LogP contribution in [-0.2, 0) is 5.75 Å². The summed E-state index contributed by atoms with van der Waals surface area (Å²) in [6, 6.07) is 7.78. The zero-order valence-corrected chi connectivity index (χ0v) is 13.1. The van der Waals surface area contributed by atoms with E-state index in [0.717, 1.165) is 23.7 Å². The van der Waals surface area contributed by atoms with Crippen molar-refractivity contribution < 1.29 is 0 Å². The number of nitrogens with two attached hydrogens (primary N) is 1. The van der Waals surface area contributed by atoms with Gasteiger partial charge in [-0.3, -0.25) is 0 Å². The summed E-state index contributed by atoms with van der Waals surface area (Å²) in [5.41, 5.74) is 6.86. The highest BCUT2D eigenvalue weighted by atomic mass is 35.5. The Morgan fingerprint density at radius 2 is 1.90 bits per heavy atom. The lowest BCUT2D eigenvalue weighted by molar-refractivity contribution is 0.833. The van der Waals surface area contributed by atoms with Crippen LogP contribution in [0.4, 0.5) is 11.9 Å². The fourth-order valence-electron chi connectivity index (χ4n) is 2.24. The third-order valence-electron chi connectivity index (χ3n) is 3.32. The van der Waals surface area contributed by atoms with Gasteiger partial charge in [-0.25, -0.2) is 0 Å². The number of thioether (sulfide) groups is 1. The number of rotatable bonds is 4. The van der Waals surface area contributed by atoms with Crippen molar-refractivity contribution in [3.63, 3.8) is 0 Å². The van der Waals surface area contributed by atoms with Crippen LogP contribution in [0.25, 0.3) is 0 Å². The molecule has 1 aliphatic heterocycles. The molecular formula is C14H16ClN5S. The highest BCUT2D eigenvalue weighted by Gasteiger charge is 2.17. The summed E-state index contributed by atoms with van der Waals surface area (Å²) in [6.45, 7) is 1.97. The van der Waals surface area contributed by atoms with Gasteiger partial charge in [0.15, 0.2) is 5.16 Å². The van der Waals surface area contributed by atoms with E-state index >= 15 is 0 Å². The highest BCUT2D eigenvalue weighted by Crippen LogP contribution is 2.26. The number of anilines is 2. The van der Waals surface area contributed by atoms with Gasteiger partial charge in [0.1, 0.15) is 0 Å². The van der Waals surface area contributed by atoms with Crippen LogP contribution < -0.4 is 10.6 Å². The third kappa shape index (κ3) is 3.57. The molecule has 0 spiro atoms. The summed E-state index contributed by atoms with van der Waals surface area (Å²) in [4.78, 5) is 15.1. The van der Waals surface area contributed by atoms with Crippen LogP contribution in [0, 0.1) is 0 Å². The largest absolute Gasteiger partial charge is 0.368 e. The molecule has 21 heavy (non-hydrogen) atoms. The molecule has 1 aromatic heterocycles. The molecule has 0 radical (unpaired) electrons. The number of halogens is 1. The highest BCUT2D eigenvalue weighted by molar-refractivity contribution is 7.98. The fraction of sp³-hybridized carbons (Fsp3) is 0.357. The molecule has 1 aromatic carbocycles. The molecule has 0 atom stereocenters. The summed E-state index contributed by atoms with van der Waals surface area (Å²) in [5.74, 6) is 1.66. The van der Waals surface area contributed by atoms with Crippen molar-refractivity contribution in [3.8, 4) is 0 Å². The summed E-state index contributed by atoms with van der Waals surface area (Å²) >= 11 is 7.68. The lowest BCUT2D eigenvalue weighted by Gasteiger charge is -2.15. The number of hydrogen-bond donors (Lipinski definition) is 1. The molecule has 0 saturated carbocycles. The molecule has 0 amide bonds. The van der Waals surface area contributed by atoms with E-state index < -0.39 is 0 Å². The maximum absolute atomic E-state index is 6.16. The number of aromatic nitrogens is 3. The number of benzene rings is 1. The van der Waals surface area contributed by atoms with Crippen molar-refractivity contribution in [2.24, 2.45) is 0 Å². The molecule has 2 aromatic rings. The Morgan fingerprint density at radius 3 is 2.67 bits per heavy atom. The summed E-state index contributed by atoms with van der Waals surface area (Å²) in [5, 5.41) is 1.40. The summed E-state index contributed by atoms with van der Waals surface area (Å²) in [7, 11) is 0.